The Bertz CT molecular complexity index is 117. The maximum absolute atomic E-state index is 5.74. The molecule has 1 atom stereocenters. The zero-order valence-electron chi connectivity index (χ0n) is 8.29. The molecule has 1 saturated heterocycles. The number of likely N-dealkylation sites (N-methyl/N-ethyl adjacent to an activating group) is 1. The van der Waals surface area contributed by atoms with E-state index >= 15 is 0 Å². The average molecular weight is 171 g/mol. The molecule has 1 aliphatic rings. The second-order valence-electron chi connectivity index (χ2n) is 3.71. The Morgan fingerprint density at radius 3 is 2.08 bits per heavy atom. The van der Waals surface area contributed by atoms with E-state index in [4.69, 9.17) is 5.73 Å². The molecule has 0 amide bonds. The summed E-state index contributed by atoms with van der Waals surface area (Å²) in [5, 5.41) is 0. The van der Waals surface area contributed by atoms with Crippen molar-refractivity contribution in [2.75, 3.05) is 39.3 Å². The molecule has 0 bridgehead atoms. The molecule has 1 fully saturated rings. The van der Waals surface area contributed by atoms with Gasteiger partial charge in [0.2, 0.25) is 0 Å². The van der Waals surface area contributed by atoms with Gasteiger partial charge in [-0.25, -0.2) is 0 Å². The van der Waals surface area contributed by atoms with E-state index < -0.39 is 0 Å². The number of nitrogens with zero attached hydrogens (tertiary/aromatic N) is 2. The fraction of sp³-hybridized carbons (Fsp3) is 1.00. The van der Waals surface area contributed by atoms with Gasteiger partial charge < -0.3 is 10.6 Å². The highest BCUT2D eigenvalue weighted by atomic mass is 15.3. The van der Waals surface area contributed by atoms with Crippen molar-refractivity contribution in [2.24, 2.45) is 5.73 Å². The molecule has 0 spiro atoms. The van der Waals surface area contributed by atoms with E-state index in [1.165, 1.54) is 32.7 Å². The zero-order valence-corrected chi connectivity index (χ0v) is 8.29. The van der Waals surface area contributed by atoms with Gasteiger partial charge in [-0.05, 0) is 13.5 Å². The Balaban J connectivity index is 2.17. The first-order chi connectivity index (χ1) is 5.72. The Hall–Kier alpha value is -0.120. The van der Waals surface area contributed by atoms with E-state index in [-0.39, 0.29) is 0 Å². The summed E-state index contributed by atoms with van der Waals surface area (Å²) in [6.45, 7) is 11.3. The highest BCUT2D eigenvalue weighted by molar-refractivity contribution is 4.73. The normalized spacial score (nSPS) is 24.2. The van der Waals surface area contributed by atoms with Gasteiger partial charge in [0.25, 0.3) is 0 Å². The summed E-state index contributed by atoms with van der Waals surface area (Å²) in [5.74, 6) is 0. The number of hydrogen-bond donors (Lipinski definition) is 1. The summed E-state index contributed by atoms with van der Waals surface area (Å²) in [7, 11) is 0. The molecule has 12 heavy (non-hydrogen) atoms. The van der Waals surface area contributed by atoms with E-state index in [0.717, 1.165) is 6.54 Å². The van der Waals surface area contributed by atoms with Crippen LogP contribution < -0.4 is 5.73 Å². The molecule has 0 aromatic carbocycles. The average Bonchev–Trinajstić information content (AvgIpc) is 2.05. The molecule has 72 valence electrons. The highest BCUT2D eigenvalue weighted by Crippen LogP contribution is 2.00. The van der Waals surface area contributed by atoms with Crippen LogP contribution in [0.5, 0.6) is 0 Å². The Morgan fingerprint density at radius 2 is 1.67 bits per heavy atom. The second kappa shape index (κ2) is 4.80. The van der Waals surface area contributed by atoms with Crippen LogP contribution in [-0.4, -0.2) is 55.1 Å². The summed E-state index contributed by atoms with van der Waals surface area (Å²) in [4.78, 5) is 4.94. The van der Waals surface area contributed by atoms with Gasteiger partial charge in [-0.3, -0.25) is 4.90 Å². The molecular formula is C9H21N3. The van der Waals surface area contributed by atoms with Crippen LogP contribution in [0.1, 0.15) is 13.8 Å². The lowest BCUT2D eigenvalue weighted by Gasteiger charge is -2.34. The number of hydrogen-bond acceptors (Lipinski definition) is 3. The van der Waals surface area contributed by atoms with Gasteiger partial charge in [-0.15, -0.1) is 0 Å². The van der Waals surface area contributed by atoms with Crippen LogP contribution in [0.2, 0.25) is 0 Å². The lowest BCUT2D eigenvalue weighted by molar-refractivity contribution is 0.133. The van der Waals surface area contributed by atoms with E-state index in [2.05, 4.69) is 23.6 Å². The first kappa shape index (κ1) is 9.96. The summed E-state index contributed by atoms with van der Waals surface area (Å²) in [5.41, 5.74) is 5.74. The zero-order chi connectivity index (χ0) is 8.97. The molecule has 0 radical (unpaired) electrons. The van der Waals surface area contributed by atoms with E-state index in [1.807, 2.05) is 0 Å². The molecule has 0 saturated carbocycles. The maximum atomic E-state index is 5.74. The van der Waals surface area contributed by atoms with Crippen LogP contribution in [0.15, 0.2) is 0 Å². The molecule has 0 aliphatic carbocycles. The maximum Gasteiger partial charge on any atom is 0.0139 e. The lowest BCUT2D eigenvalue weighted by Crippen LogP contribution is -2.49. The van der Waals surface area contributed by atoms with Crippen molar-refractivity contribution >= 4 is 0 Å². The van der Waals surface area contributed by atoms with Crippen LogP contribution in [0.25, 0.3) is 0 Å². The van der Waals surface area contributed by atoms with Gasteiger partial charge in [0.05, 0.1) is 0 Å². The minimum absolute atomic E-state index is 0.318. The predicted molar refractivity (Wildman–Crippen MR) is 52.2 cm³/mol. The van der Waals surface area contributed by atoms with Crippen molar-refractivity contribution < 1.29 is 0 Å². The molecule has 0 aromatic heterocycles. The van der Waals surface area contributed by atoms with Gasteiger partial charge in [-0.2, -0.15) is 0 Å². The van der Waals surface area contributed by atoms with Crippen molar-refractivity contribution in [3.05, 3.63) is 0 Å². The van der Waals surface area contributed by atoms with Gasteiger partial charge in [-0.1, -0.05) is 6.92 Å². The van der Waals surface area contributed by atoms with Gasteiger partial charge >= 0.3 is 0 Å². The van der Waals surface area contributed by atoms with Crippen molar-refractivity contribution in [3.63, 3.8) is 0 Å². The molecule has 1 rings (SSSR count). The topological polar surface area (TPSA) is 32.5 Å². The third-order valence-electron chi connectivity index (χ3n) is 2.46. The Morgan fingerprint density at radius 1 is 1.17 bits per heavy atom. The van der Waals surface area contributed by atoms with Crippen LogP contribution in [0.4, 0.5) is 0 Å². The fourth-order valence-electron chi connectivity index (χ4n) is 1.70. The molecule has 1 aliphatic heterocycles. The summed E-state index contributed by atoms with van der Waals surface area (Å²) < 4.78 is 0. The van der Waals surface area contributed by atoms with Crippen LogP contribution in [0, 0.1) is 0 Å². The fourth-order valence-corrected chi connectivity index (χ4v) is 1.70. The first-order valence-electron chi connectivity index (χ1n) is 4.92. The lowest BCUT2D eigenvalue weighted by atomic mass is 10.2. The largest absolute Gasteiger partial charge is 0.327 e. The van der Waals surface area contributed by atoms with E-state index in [9.17, 15) is 0 Å². The summed E-state index contributed by atoms with van der Waals surface area (Å²) >= 11 is 0. The quantitative estimate of drug-likeness (QED) is 0.647. The standard InChI is InChI=1S/C9H21N3/c1-3-11-4-6-12(7-5-11)8-9(2)10/h9H,3-8,10H2,1-2H3/t9-/m1/s1. The van der Waals surface area contributed by atoms with Crippen LogP contribution in [-0.2, 0) is 0 Å². The van der Waals surface area contributed by atoms with Crippen LogP contribution >= 0.6 is 0 Å². The first-order valence-corrected chi connectivity index (χ1v) is 4.92. The van der Waals surface area contributed by atoms with Gasteiger partial charge in [0.1, 0.15) is 0 Å². The predicted octanol–water partition coefficient (Wildman–Crippen LogP) is -0.0289. The van der Waals surface area contributed by atoms with Crippen LogP contribution in [0.3, 0.4) is 0 Å². The van der Waals surface area contributed by atoms with Crippen molar-refractivity contribution in [2.45, 2.75) is 19.9 Å². The number of nitrogens with two attached hydrogens (primary N) is 1. The Labute approximate surface area is 75.5 Å². The van der Waals surface area contributed by atoms with Crippen molar-refractivity contribution in [1.29, 1.82) is 0 Å². The third-order valence-corrected chi connectivity index (χ3v) is 2.46. The minimum atomic E-state index is 0.318. The van der Waals surface area contributed by atoms with Crippen molar-refractivity contribution in [3.8, 4) is 0 Å². The third kappa shape index (κ3) is 3.09. The molecule has 0 unspecified atom stereocenters. The molecule has 2 N–H and O–H groups in total. The minimum Gasteiger partial charge on any atom is -0.327 e. The van der Waals surface area contributed by atoms with Crippen molar-refractivity contribution in [1.82, 2.24) is 9.80 Å². The molecule has 1 heterocycles. The highest BCUT2D eigenvalue weighted by Gasteiger charge is 2.15. The SMILES string of the molecule is CCN1CCN(C[C@@H](C)N)CC1. The number of piperazine rings is 1. The smallest absolute Gasteiger partial charge is 0.0139 e. The summed E-state index contributed by atoms with van der Waals surface area (Å²) in [6.07, 6.45) is 0. The monoisotopic (exact) mass is 171 g/mol. The molecular weight excluding hydrogens is 150 g/mol. The van der Waals surface area contributed by atoms with Gasteiger partial charge in [0.15, 0.2) is 0 Å². The van der Waals surface area contributed by atoms with E-state index in [0.29, 0.717) is 6.04 Å². The molecule has 0 aromatic rings. The Kier molecular flexibility index (Phi) is 3.98. The number of rotatable bonds is 3. The molecule has 3 nitrogen and oxygen atoms in total. The second-order valence-corrected chi connectivity index (χ2v) is 3.71. The van der Waals surface area contributed by atoms with E-state index in [1.54, 1.807) is 0 Å². The summed E-state index contributed by atoms with van der Waals surface area (Å²) in [6, 6.07) is 0.318. The van der Waals surface area contributed by atoms with Gasteiger partial charge in [0, 0.05) is 38.8 Å². The molecule has 3 heteroatoms.